The van der Waals surface area contributed by atoms with Crippen molar-refractivity contribution in [3.8, 4) is 0 Å². The van der Waals surface area contributed by atoms with Gasteiger partial charge in [-0.1, -0.05) is 0 Å². The molecule has 3 amide bonds. The Balaban J connectivity index is 1.46. The molecule has 7 heteroatoms. The summed E-state index contributed by atoms with van der Waals surface area (Å²) in [5, 5.41) is 6.20. The van der Waals surface area contributed by atoms with Crippen molar-refractivity contribution in [3.05, 3.63) is 0 Å². The minimum absolute atomic E-state index is 0.0746. The van der Waals surface area contributed by atoms with E-state index in [2.05, 4.69) is 10.6 Å². The van der Waals surface area contributed by atoms with Crippen molar-refractivity contribution < 1.29 is 19.1 Å². The van der Waals surface area contributed by atoms with E-state index in [0.29, 0.717) is 0 Å². The van der Waals surface area contributed by atoms with Gasteiger partial charge in [-0.05, 0) is 39.2 Å². The van der Waals surface area contributed by atoms with E-state index < -0.39 is 6.04 Å². The maximum Gasteiger partial charge on any atom is 0.243 e. The Morgan fingerprint density at radius 3 is 2.43 bits per heavy atom. The summed E-state index contributed by atoms with van der Waals surface area (Å²) >= 11 is 0. The van der Waals surface area contributed by atoms with Crippen LogP contribution in [0.25, 0.3) is 0 Å². The van der Waals surface area contributed by atoms with Crippen LogP contribution < -0.4 is 10.6 Å². The van der Waals surface area contributed by atoms with Crippen LogP contribution in [-0.4, -0.2) is 60.0 Å². The average molecular weight is 321 g/mol. The number of piperidine rings is 1. The maximum atomic E-state index is 12.7. The van der Waals surface area contributed by atoms with Gasteiger partial charge in [0.15, 0.2) is 0 Å². The third kappa shape index (κ3) is 2.29. The second kappa shape index (κ2) is 5.56. The Bertz CT molecular complexity index is 517. The van der Waals surface area contributed by atoms with Gasteiger partial charge in [-0.15, -0.1) is 0 Å². The lowest BCUT2D eigenvalue weighted by Gasteiger charge is -2.28. The minimum Gasteiger partial charge on any atom is -0.373 e. The van der Waals surface area contributed by atoms with Crippen LogP contribution in [0, 0.1) is 11.8 Å². The van der Waals surface area contributed by atoms with Gasteiger partial charge in [-0.25, -0.2) is 0 Å². The van der Waals surface area contributed by atoms with Gasteiger partial charge < -0.3 is 15.4 Å². The van der Waals surface area contributed by atoms with E-state index in [-0.39, 0.29) is 47.8 Å². The molecular formula is C16H23N3O4. The van der Waals surface area contributed by atoms with Gasteiger partial charge in [0, 0.05) is 12.6 Å². The molecule has 4 heterocycles. The molecule has 0 spiro atoms. The summed E-state index contributed by atoms with van der Waals surface area (Å²) in [5.41, 5.74) is 0. The Morgan fingerprint density at radius 1 is 1.22 bits per heavy atom. The summed E-state index contributed by atoms with van der Waals surface area (Å²) in [5.74, 6) is -1.43. The number of fused-ring (bicyclic) bond motifs is 5. The normalized spacial score (nSPS) is 40.4. The number of carbonyl (C=O) groups excluding carboxylic acids is 3. The SMILES string of the molecule is CC(C(=O)N[C@H]1CCCNC1)N1C(=O)C2C3CCC(O3)C2C1=O. The van der Waals surface area contributed by atoms with Crippen LogP contribution in [0.5, 0.6) is 0 Å². The van der Waals surface area contributed by atoms with E-state index >= 15 is 0 Å². The Kier molecular flexibility index (Phi) is 3.65. The van der Waals surface area contributed by atoms with Crippen molar-refractivity contribution in [1.82, 2.24) is 15.5 Å². The molecule has 4 fully saturated rings. The fourth-order valence-corrected chi connectivity index (χ4v) is 4.53. The number of likely N-dealkylation sites (tertiary alicyclic amines) is 1. The molecule has 0 aromatic carbocycles. The third-order valence-electron chi connectivity index (χ3n) is 5.73. The molecule has 5 unspecified atom stereocenters. The number of imide groups is 1. The molecule has 7 nitrogen and oxygen atoms in total. The molecule has 0 aliphatic carbocycles. The van der Waals surface area contributed by atoms with Gasteiger partial charge in [-0.3, -0.25) is 19.3 Å². The van der Waals surface area contributed by atoms with Crippen molar-refractivity contribution in [2.24, 2.45) is 11.8 Å². The van der Waals surface area contributed by atoms with E-state index in [1.165, 1.54) is 4.90 Å². The first kappa shape index (κ1) is 15.1. The molecule has 0 aromatic heterocycles. The van der Waals surface area contributed by atoms with E-state index in [9.17, 15) is 14.4 Å². The molecule has 4 aliphatic rings. The molecule has 2 bridgehead atoms. The molecule has 0 saturated carbocycles. The highest BCUT2D eigenvalue weighted by molar-refractivity contribution is 6.09. The zero-order chi connectivity index (χ0) is 16.1. The Morgan fingerprint density at radius 2 is 1.87 bits per heavy atom. The van der Waals surface area contributed by atoms with Crippen LogP contribution >= 0.6 is 0 Å². The van der Waals surface area contributed by atoms with Crippen LogP contribution in [0.3, 0.4) is 0 Å². The fourth-order valence-electron chi connectivity index (χ4n) is 4.53. The summed E-state index contributed by atoms with van der Waals surface area (Å²) in [4.78, 5) is 39.0. The summed E-state index contributed by atoms with van der Waals surface area (Å²) in [6.07, 6.45) is 3.36. The Hall–Kier alpha value is -1.47. The summed E-state index contributed by atoms with van der Waals surface area (Å²) in [6, 6.07) is -0.674. The van der Waals surface area contributed by atoms with Crippen LogP contribution in [0.15, 0.2) is 0 Å². The predicted octanol–water partition coefficient (Wildman–Crippen LogP) is -0.594. The molecule has 4 aliphatic heterocycles. The van der Waals surface area contributed by atoms with E-state index in [1.807, 2.05) is 0 Å². The second-order valence-corrected chi connectivity index (χ2v) is 7.12. The molecule has 0 radical (unpaired) electrons. The minimum atomic E-state index is -0.748. The molecule has 23 heavy (non-hydrogen) atoms. The van der Waals surface area contributed by atoms with Crippen molar-refractivity contribution in [3.63, 3.8) is 0 Å². The highest BCUT2D eigenvalue weighted by Gasteiger charge is 2.63. The standard InChI is InChI=1S/C16H23N3O4/c1-8(14(20)18-9-3-2-6-17-7-9)19-15(21)12-10-4-5-11(23-10)13(12)16(19)22/h8-13,17H,2-7H2,1H3,(H,18,20)/t8?,9-,10?,11?,12?,13?/m0/s1. The lowest BCUT2D eigenvalue weighted by Crippen LogP contribution is -2.54. The van der Waals surface area contributed by atoms with Crippen LogP contribution in [0.4, 0.5) is 0 Å². The summed E-state index contributed by atoms with van der Waals surface area (Å²) < 4.78 is 5.71. The van der Waals surface area contributed by atoms with Gasteiger partial charge >= 0.3 is 0 Å². The largest absolute Gasteiger partial charge is 0.373 e. The number of amides is 3. The van der Waals surface area contributed by atoms with Gasteiger partial charge in [0.2, 0.25) is 17.7 Å². The first-order chi connectivity index (χ1) is 11.1. The number of nitrogens with zero attached hydrogens (tertiary/aromatic N) is 1. The Labute approximate surface area is 135 Å². The highest BCUT2D eigenvalue weighted by atomic mass is 16.5. The molecule has 6 atom stereocenters. The number of nitrogens with one attached hydrogen (secondary N) is 2. The number of hydrogen-bond donors (Lipinski definition) is 2. The van der Waals surface area contributed by atoms with Crippen molar-refractivity contribution in [2.45, 2.75) is 56.9 Å². The van der Waals surface area contributed by atoms with Crippen LogP contribution in [0.1, 0.15) is 32.6 Å². The lowest BCUT2D eigenvalue weighted by atomic mass is 9.81. The second-order valence-electron chi connectivity index (χ2n) is 7.12. The quantitative estimate of drug-likeness (QED) is 0.678. The molecule has 0 aromatic rings. The van der Waals surface area contributed by atoms with Crippen molar-refractivity contribution in [2.75, 3.05) is 13.1 Å². The lowest BCUT2D eigenvalue weighted by molar-refractivity contribution is -0.149. The summed E-state index contributed by atoms with van der Waals surface area (Å²) in [6.45, 7) is 3.35. The third-order valence-corrected chi connectivity index (χ3v) is 5.73. The zero-order valence-electron chi connectivity index (χ0n) is 13.3. The molecule has 4 rings (SSSR count). The van der Waals surface area contributed by atoms with Crippen LogP contribution in [-0.2, 0) is 19.1 Å². The topological polar surface area (TPSA) is 87.7 Å². The van der Waals surface area contributed by atoms with Crippen molar-refractivity contribution in [1.29, 1.82) is 0 Å². The van der Waals surface area contributed by atoms with Crippen molar-refractivity contribution >= 4 is 17.7 Å². The number of hydrogen-bond acceptors (Lipinski definition) is 5. The molecule has 4 saturated heterocycles. The summed E-state index contributed by atoms with van der Waals surface area (Å²) in [7, 11) is 0. The average Bonchev–Trinajstić information content (AvgIpc) is 3.22. The molecular weight excluding hydrogens is 298 g/mol. The van der Waals surface area contributed by atoms with Gasteiger partial charge in [0.05, 0.1) is 24.0 Å². The predicted molar refractivity (Wildman–Crippen MR) is 80.2 cm³/mol. The highest BCUT2D eigenvalue weighted by Crippen LogP contribution is 2.48. The first-order valence-electron chi connectivity index (χ1n) is 8.61. The number of carbonyl (C=O) groups is 3. The van der Waals surface area contributed by atoms with Crippen LogP contribution in [0.2, 0.25) is 0 Å². The van der Waals surface area contributed by atoms with Gasteiger partial charge in [0.1, 0.15) is 6.04 Å². The van der Waals surface area contributed by atoms with Gasteiger partial charge in [-0.2, -0.15) is 0 Å². The smallest absolute Gasteiger partial charge is 0.243 e. The fraction of sp³-hybridized carbons (Fsp3) is 0.812. The number of ether oxygens (including phenoxy) is 1. The molecule has 2 N–H and O–H groups in total. The number of rotatable bonds is 3. The van der Waals surface area contributed by atoms with Gasteiger partial charge in [0.25, 0.3) is 0 Å². The van der Waals surface area contributed by atoms with E-state index in [0.717, 1.165) is 38.8 Å². The maximum absolute atomic E-state index is 12.7. The molecule has 126 valence electrons. The van der Waals surface area contributed by atoms with E-state index in [1.54, 1.807) is 6.92 Å². The monoisotopic (exact) mass is 321 g/mol. The van der Waals surface area contributed by atoms with E-state index in [4.69, 9.17) is 4.74 Å². The first-order valence-corrected chi connectivity index (χ1v) is 8.61. The zero-order valence-corrected chi connectivity index (χ0v) is 13.3.